The third kappa shape index (κ3) is 6.87. The minimum atomic E-state index is 0. The summed E-state index contributed by atoms with van der Waals surface area (Å²) >= 11 is 0. The molecule has 0 aliphatic heterocycles. The molecular weight excluding hydrogens is 808 g/mol. The molecule has 0 radical (unpaired) electrons. The number of aromatic nitrogens is 4. The van der Waals surface area contributed by atoms with E-state index in [-0.39, 0.29) is 21.1 Å². The first-order valence-electron chi connectivity index (χ1n) is 18.5. The van der Waals surface area contributed by atoms with E-state index in [1.165, 1.54) is 35.2 Å². The van der Waals surface area contributed by atoms with Crippen molar-refractivity contribution in [1.29, 1.82) is 0 Å². The summed E-state index contributed by atoms with van der Waals surface area (Å²) in [6.45, 7) is 20.3. The Hall–Kier alpha value is -3.95. The maximum absolute atomic E-state index is 6.67. The summed E-state index contributed by atoms with van der Waals surface area (Å²) in [6, 6.07) is 28.5. The third-order valence-electron chi connectivity index (χ3n) is 10.8. The van der Waals surface area contributed by atoms with Gasteiger partial charge in [-0.2, -0.15) is 11.2 Å². The summed E-state index contributed by atoms with van der Waals surface area (Å²) in [6.07, 6.45) is 7.89. The molecular formula is C45H50N4OPt. The summed E-state index contributed by atoms with van der Waals surface area (Å²) in [5, 5.41) is 7.45. The van der Waals surface area contributed by atoms with Crippen LogP contribution in [-0.4, -0.2) is 19.3 Å². The van der Waals surface area contributed by atoms with Crippen LogP contribution in [0.5, 0.6) is 11.5 Å². The number of para-hydroxylation sites is 1. The van der Waals surface area contributed by atoms with E-state index in [0.717, 1.165) is 45.4 Å². The monoisotopic (exact) mass is 857 g/mol. The second-order valence-electron chi connectivity index (χ2n) is 14.9. The Balaban J connectivity index is 0.00000448. The third-order valence-corrected chi connectivity index (χ3v) is 10.8. The van der Waals surface area contributed by atoms with Gasteiger partial charge in [-0.05, 0) is 85.2 Å². The van der Waals surface area contributed by atoms with Crippen LogP contribution in [0, 0.1) is 37.8 Å². The van der Waals surface area contributed by atoms with Crippen molar-refractivity contribution in [2.24, 2.45) is 11.8 Å². The number of hydrogen-bond donors (Lipinski definition) is 0. The van der Waals surface area contributed by atoms with E-state index < -0.39 is 0 Å². The second-order valence-corrected chi connectivity index (χ2v) is 14.9. The van der Waals surface area contributed by atoms with Gasteiger partial charge < -0.3 is 9.30 Å². The van der Waals surface area contributed by atoms with Gasteiger partial charge >= 0.3 is 21.1 Å². The van der Waals surface area contributed by atoms with Gasteiger partial charge in [-0.3, -0.25) is 4.68 Å². The number of ether oxygens (including phenoxy) is 1. The van der Waals surface area contributed by atoms with E-state index in [2.05, 4.69) is 144 Å². The molecule has 0 bridgehead atoms. The molecule has 1 aliphatic carbocycles. The first-order chi connectivity index (χ1) is 24.1. The molecule has 7 rings (SSSR count). The molecule has 0 N–H and O–H groups in total. The Bertz CT molecular complexity index is 2220. The number of pyridine rings is 1. The van der Waals surface area contributed by atoms with Crippen LogP contribution in [0.1, 0.15) is 114 Å². The minimum absolute atomic E-state index is 0. The van der Waals surface area contributed by atoms with Crippen molar-refractivity contribution in [3.05, 3.63) is 119 Å². The number of nitrogens with zero attached hydrogens (tertiary/aromatic N) is 4. The van der Waals surface area contributed by atoms with Gasteiger partial charge in [0.25, 0.3) is 0 Å². The van der Waals surface area contributed by atoms with Crippen LogP contribution < -0.4 is 4.74 Å². The standard InChI is InChI=1S/C45H50N4O.Pt/c1-10-32-20-29(7)21-33(11-2)45(32)44-30(8)47-49(31(44)9)36-22-35(28(5)6)23-38(25-36)50-37-16-17-40-39-14-12-13-15-41(39)48(42(40)26-37)43-24-34(27(3)4)18-19-46-43;/h12-20,22-24,27-29,33,45H,10-11,21H2,1-9H3;/q-2;+2/t29-,33-,45?;/m0./s1. The van der Waals surface area contributed by atoms with E-state index in [4.69, 9.17) is 14.8 Å². The van der Waals surface area contributed by atoms with E-state index in [1.807, 2.05) is 12.3 Å². The smallest absolute Gasteiger partial charge is 0.509 e. The molecule has 1 unspecified atom stereocenters. The van der Waals surface area contributed by atoms with Gasteiger partial charge in [0.2, 0.25) is 0 Å². The van der Waals surface area contributed by atoms with E-state index in [0.29, 0.717) is 41.1 Å². The summed E-state index contributed by atoms with van der Waals surface area (Å²) in [7, 11) is 0. The van der Waals surface area contributed by atoms with Crippen LogP contribution in [0.2, 0.25) is 0 Å². The first kappa shape index (κ1) is 36.8. The molecule has 0 saturated carbocycles. The molecule has 3 aromatic carbocycles. The summed E-state index contributed by atoms with van der Waals surface area (Å²) in [4.78, 5) is 4.81. The number of fused-ring (bicyclic) bond motifs is 3. The predicted molar refractivity (Wildman–Crippen MR) is 206 cm³/mol. The average molecular weight is 858 g/mol. The Morgan fingerprint density at radius 3 is 2.37 bits per heavy atom. The van der Waals surface area contributed by atoms with Crippen LogP contribution in [0.15, 0.2) is 78.5 Å². The second kappa shape index (κ2) is 15.0. The minimum Gasteiger partial charge on any atom is -0.509 e. The topological polar surface area (TPSA) is 44.9 Å². The molecule has 3 heterocycles. The predicted octanol–water partition coefficient (Wildman–Crippen LogP) is 12.1. The molecule has 3 atom stereocenters. The largest absolute Gasteiger partial charge is 2.00 e. The maximum atomic E-state index is 6.67. The van der Waals surface area contributed by atoms with Crippen LogP contribution in [-0.2, 0) is 21.1 Å². The molecule has 0 spiro atoms. The molecule has 51 heavy (non-hydrogen) atoms. The molecule has 6 aromatic rings. The van der Waals surface area contributed by atoms with E-state index >= 15 is 0 Å². The molecule has 0 fully saturated rings. The van der Waals surface area contributed by atoms with Crippen molar-refractivity contribution in [3.8, 4) is 23.0 Å². The zero-order chi connectivity index (χ0) is 35.3. The van der Waals surface area contributed by atoms with Crippen molar-refractivity contribution in [2.75, 3.05) is 0 Å². The molecule has 1 aliphatic rings. The van der Waals surface area contributed by atoms with Crippen LogP contribution in [0.4, 0.5) is 0 Å². The SMILES string of the molecule is CCC1=C[C@H](C)C[C@H](CC)C1c1c(C)nn(-c2[c-]c(Oc3[c-]c4c(cc3)c3ccccc3n4-c3cc(C(C)C)ccn3)cc(C(C)C)c2)c1C.[Pt+2]. The Labute approximate surface area is 318 Å². The van der Waals surface area contributed by atoms with Crippen molar-refractivity contribution in [3.63, 3.8) is 0 Å². The van der Waals surface area contributed by atoms with Gasteiger partial charge in [0.1, 0.15) is 5.82 Å². The van der Waals surface area contributed by atoms with E-state index in [1.54, 1.807) is 5.57 Å². The van der Waals surface area contributed by atoms with Crippen molar-refractivity contribution in [1.82, 2.24) is 19.3 Å². The fourth-order valence-electron chi connectivity index (χ4n) is 8.21. The van der Waals surface area contributed by atoms with Crippen molar-refractivity contribution < 1.29 is 25.8 Å². The molecule has 266 valence electrons. The van der Waals surface area contributed by atoms with Crippen LogP contribution >= 0.6 is 0 Å². The zero-order valence-corrected chi connectivity index (χ0v) is 33.7. The Morgan fingerprint density at radius 2 is 1.65 bits per heavy atom. The number of rotatable bonds is 9. The van der Waals surface area contributed by atoms with E-state index in [9.17, 15) is 0 Å². The molecule has 6 heteroatoms. The van der Waals surface area contributed by atoms with Crippen LogP contribution in [0.3, 0.4) is 0 Å². The molecule has 3 aromatic heterocycles. The average Bonchev–Trinajstić information content (AvgIpc) is 3.59. The zero-order valence-electron chi connectivity index (χ0n) is 31.4. The summed E-state index contributed by atoms with van der Waals surface area (Å²) in [5.41, 5.74) is 10.6. The van der Waals surface area contributed by atoms with Crippen molar-refractivity contribution >= 4 is 21.8 Å². The number of allylic oxidation sites excluding steroid dienone is 2. The molecule has 0 amide bonds. The van der Waals surface area contributed by atoms with Gasteiger partial charge in [0.05, 0.1) is 5.69 Å². The Kier molecular flexibility index (Phi) is 10.8. The van der Waals surface area contributed by atoms with Crippen molar-refractivity contribution in [2.45, 2.75) is 99.3 Å². The number of hydrogen-bond acceptors (Lipinski definition) is 3. The van der Waals surface area contributed by atoms with Gasteiger partial charge in [0, 0.05) is 40.4 Å². The summed E-state index contributed by atoms with van der Waals surface area (Å²) in [5.74, 6) is 4.52. The van der Waals surface area contributed by atoms with Gasteiger partial charge in [-0.1, -0.05) is 90.3 Å². The molecule has 5 nitrogen and oxygen atoms in total. The van der Waals surface area contributed by atoms with Gasteiger partial charge in [-0.15, -0.1) is 41.3 Å². The first-order valence-corrected chi connectivity index (χ1v) is 18.5. The quantitative estimate of drug-likeness (QED) is 0.107. The molecule has 0 saturated heterocycles. The normalized spacial score (nSPS) is 17.7. The summed E-state index contributed by atoms with van der Waals surface area (Å²) < 4.78 is 11.0. The number of aryl methyl sites for hydroxylation is 1. The maximum Gasteiger partial charge on any atom is 2.00 e. The Morgan fingerprint density at radius 1 is 0.882 bits per heavy atom. The van der Waals surface area contributed by atoms with Gasteiger partial charge in [-0.25, -0.2) is 4.98 Å². The fraction of sp³-hybridized carbons (Fsp3) is 0.378. The van der Waals surface area contributed by atoms with Gasteiger partial charge in [0.15, 0.2) is 0 Å². The fourth-order valence-corrected chi connectivity index (χ4v) is 8.21. The number of benzene rings is 3. The van der Waals surface area contributed by atoms with Crippen LogP contribution in [0.25, 0.3) is 33.3 Å².